The summed E-state index contributed by atoms with van der Waals surface area (Å²) in [4.78, 5) is 11.5. The van der Waals surface area contributed by atoms with Gasteiger partial charge in [-0.3, -0.25) is 4.40 Å². The van der Waals surface area contributed by atoms with Crippen LogP contribution in [0.25, 0.3) is 22.6 Å². The van der Waals surface area contributed by atoms with Gasteiger partial charge in [0.2, 0.25) is 0 Å². The summed E-state index contributed by atoms with van der Waals surface area (Å²) < 4.78 is 2.02. The van der Waals surface area contributed by atoms with Crippen molar-refractivity contribution in [1.82, 2.24) is 25.0 Å². The van der Waals surface area contributed by atoms with E-state index in [1.165, 1.54) is 16.8 Å². The number of likely N-dealkylation sites (N-methyl/N-ethyl adjacent to an activating group) is 1. The average Bonchev–Trinajstić information content (AvgIpc) is 3.30. The summed E-state index contributed by atoms with van der Waals surface area (Å²) in [5.74, 6) is 0.853. The molecule has 0 amide bonds. The molecular formula is C32H34N6. The fourth-order valence-corrected chi connectivity index (χ4v) is 4.87. The number of allylic oxidation sites excluding steroid dienone is 1. The smallest absolute Gasteiger partial charge is 0.157 e. The Bertz CT molecular complexity index is 1570. The molecule has 1 unspecified atom stereocenters. The Labute approximate surface area is 224 Å². The molecule has 6 heteroatoms. The molecule has 0 saturated carbocycles. The van der Waals surface area contributed by atoms with E-state index in [-0.39, 0.29) is 0 Å². The lowest BCUT2D eigenvalue weighted by molar-refractivity contribution is 0.731. The lowest BCUT2D eigenvalue weighted by Gasteiger charge is -2.40. The monoisotopic (exact) mass is 502 g/mol. The molecule has 4 aromatic rings. The molecule has 5 rings (SSSR count). The maximum atomic E-state index is 4.80. The maximum absolute atomic E-state index is 4.80. The summed E-state index contributed by atoms with van der Waals surface area (Å²) in [6.07, 6.45) is 3.76. The molecule has 0 radical (unpaired) electrons. The van der Waals surface area contributed by atoms with Gasteiger partial charge >= 0.3 is 0 Å². The first-order valence-electron chi connectivity index (χ1n) is 12.7. The molecule has 0 spiro atoms. The number of aryl methyl sites for hydroxylation is 1. The van der Waals surface area contributed by atoms with Crippen molar-refractivity contribution in [2.24, 2.45) is 0 Å². The third kappa shape index (κ3) is 4.61. The van der Waals surface area contributed by atoms with Gasteiger partial charge in [0.15, 0.2) is 5.65 Å². The zero-order valence-corrected chi connectivity index (χ0v) is 22.4. The number of fused-ring (bicyclic) bond motifs is 2. The Morgan fingerprint density at radius 1 is 0.974 bits per heavy atom. The molecule has 6 nitrogen and oxygen atoms in total. The van der Waals surface area contributed by atoms with Crippen molar-refractivity contribution < 1.29 is 0 Å². The summed E-state index contributed by atoms with van der Waals surface area (Å²) in [6.45, 7) is 21.8. The lowest BCUT2D eigenvalue weighted by Crippen LogP contribution is -2.33. The van der Waals surface area contributed by atoms with E-state index in [1.807, 2.05) is 30.4 Å². The van der Waals surface area contributed by atoms with E-state index in [9.17, 15) is 0 Å². The third-order valence-electron chi connectivity index (χ3n) is 7.18. The Morgan fingerprint density at radius 3 is 2.37 bits per heavy atom. The van der Waals surface area contributed by atoms with Crippen LogP contribution in [-0.4, -0.2) is 21.4 Å². The van der Waals surface area contributed by atoms with E-state index in [0.29, 0.717) is 19.1 Å². The lowest BCUT2D eigenvalue weighted by atomic mass is 9.92. The Kier molecular flexibility index (Phi) is 6.64. The number of nitrogens with zero attached hydrogens (tertiary/aromatic N) is 4. The molecule has 1 atom stereocenters. The first-order valence-corrected chi connectivity index (χ1v) is 12.7. The molecule has 38 heavy (non-hydrogen) atoms. The minimum atomic E-state index is 0.298. The SMILES string of the molecule is C=CC1c2ccc(CNC(=C)c3cc(C(=C)NCc4ccc(C(=C)C)cc4)nc4cnc(C)n34)cc2N1C. The zero-order chi connectivity index (χ0) is 27.0. The van der Waals surface area contributed by atoms with E-state index in [0.717, 1.165) is 51.0 Å². The molecule has 1 aliphatic rings. The van der Waals surface area contributed by atoms with E-state index >= 15 is 0 Å². The molecule has 0 aliphatic carbocycles. The van der Waals surface area contributed by atoms with E-state index in [4.69, 9.17) is 4.98 Å². The van der Waals surface area contributed by atoms with E-state index < -0.39 is 0 Å². The zero-order valence-electron chi connectivity index (χ0n) is 22.4. The number of nitrogens with one attached hydrogen (secondary N) is 2. The van der Waals surface area contributed by atoms with Gasteiger partial charge < -0.3 is 15.5 Å². The molecule has 0 bridgehead atoms. The van der Waals surface area contributed by atoms with Crippen molar-refractivity contribution >= 4 is 28.3 Å². The van der Waals surface area contributed by atoms with Crippen LogP contribution in [0.2, 0.25) is 0 Å². The molecule has 1 aliphatic heterocycles. The van der Waals surface area contributed by atoms with E-state index in [2.05, 4.69) is 96.3 Å². The van der Waals surface area contributed by atoms with Gasteiger partial charge in [-0.2, -0.15) is 0 Å². The van der Waals surface area contributed by atoms with Gasteiger partial charge in [-0.05, 0) is 42.7 Å². The van der Waals surface area contributed by atoms with Gasteiger partial charge in [-0.15, -0.1) is 6.58 Å². The quantitative estimate of drug-likeness (QED) is 0.250. The van der Waals surface area contributed by atoms with Crippen molar-refractivity contribution in [1.29, 1.82) is 0 Å². The number of aromatic nitrogens is 3. The highest BCUT2D eigenvalue weighted by molar-refractivity contribution is 5.70. The second-order valence-electron chi connectivity index (χ2n) is 9.85. The van der Waals surface area contributed by atoms with Gasteiger partial charge in [0.25, 0.3) is 0 Å². The molecular weight excluding hydrogens is 468 g/mol. The van der Waals surface area contributed by atoms with Crippen LogP contribution in [0.5, 0.6) is 0 Å². The fourth-order valence-electron chi connectivity index (χ4n) is 4.87. The van der Waals surface area contributed by atoms with Gasteiger partial charge in [0.05, 0.1) is 35.0 Å². The Morgan fingerprint density at radius 2 is 1.66 bits per heavy atom. The van der Waals surface area contributed by atoms with Crippen LogP contribution in [0.3, 0.4) is 0 Å². The average molecular weight is 503 g/mol. The predicted molar refractivity (Wildman–Crippen MR) is 158 cm³/mol. The highest BCUT2D eigenvalue weighted by Gasteiger charge is 2.28. The number of hydrogen-bond acceptors (Lipinski definition) is 5. The topological polar surface area (TPSA) is 57.5 Å². The van der Waals surface area contributed by atoms with Gasteiger partial charge in [-0.25, -0.2) is 9.97 Å². The number of rotatable bonds is 10. The normalized spacial score (nSPS) is 14.0. The molecule has 2 N–H and O–H groups in total. The minimum Gasteiger partial charge on any atom is -0.380 e. The summed E-state index contributed by atoms with van der Waals surface area (Å²) in [5, 5.41) is 6.93. The van der Waals surface area contributed by atoms with Crippen LogP contribution in [0.4, 0.5) is 5.69 Å². The number of benzene rings is 2. The van der Waals surface area contributed by atoms with Crippen LogP contribution in [0.15, 0.2) is 87.1 Å². The standard InChI is InChI=1S/C32H34N6/c1-8-29-27-14-11-25(15-31(27)37(29)7)18-34-22(5)30-16-28(36-32-19-35-23(6)38(30)32)21(4)33-17-24-9-12-26(13-10-24)20(2)3/h8-16,19,29,33-34H,1-2,4-5,17-18H2,3,6-7H3. The van der Waals surface area contributed by atoms with Crippen LogP contribution in [-0.2, 0) is 13.1 Å². The molecule has 2 aromatic carbocycles. The van der Waals surface area contributed by atoms with Gasteiger partial charge in [0.1, 0.15) is 5.82 Å². The summed E-state index contributed by atoms with van der Waals surface area (Å²) in [7, 11) is 2.10. The Hall–Kier alpha value is -4.58. The molecule has 0 saturated heterocycles. The second-order valence-corrected chi connectivity index (χ2v) is 9.85. The first kappa shape index (κ1) is 25.1. The van der Waals surface area contributed by atoms with Crippen molar-refractivity contribution in [3.63, 3.8) is 0 Å². The van der Waals surface area contributed by atoms with Crippen LogP contribution < -0.4 is 15.5 Å². The van der Waals surface area contributed by atoms with Crippen LogP contribution in [0.1, 0.15) is 52.4 Å². The predicted octanol–water partition coefficient (Wildman–Crippen LogP) is 6.27. The van der Waals surface area contributed by atoms with Gasteiger partial charge in [0, 0.05) is 31.4 Å². The van der Waals surface area contributed by atoms with E-state index in [1.54, 1.807) is 6.20 Å². The molecule has 192 valence electrons. The van der Waals surface area contributed by atoms with Crippen molar-refractivity contribution in [2.75, 3.05) is 11.9 Å². The Balaban J connectivity index is 1.32. The second kappa shape index (κ2) is 10.1. The third-order valence-corrected chi connectivity index (χ3v) is 7.18. The fraction of sp³-hybridized carbons (Fsp3) is 0.188. The van der Waals surface area contributed by atoms with Crippen molar-refractivity contribution in [2.45, 2.75) is 33.0 Å². The summed E-state index contributed by atoms with van der Waals surface area (Å²) >= 11 is 0. The number of anilines is 1. The highest BCUT2D eigenvalue weighted by Crippen LogP contribution is 2.42. The van der Waals surface area contributed by atoms with Crippen LogP contribution in [0, 0.1) is 6.92 Å². The van der Waals surface area contributed by atoms with Crippen molar-refractivity contribution in [3.8, 4) is 0 Å². The molecule has 3 heterocycles. The molecule has 2 aromatic heterocycles. The minimum absolute atomic E-state index is 0.298. The highest BCUT2D eigenvalue weighted by atomic mass is 15.2. The summed E-state index contributed by atoms with van der Waals surface area (Å²) in [5.41, 5.74) is 11.1. The van der Waals surface area contributed by atoms with Gasteiger partial charge in [-0.1, -0.05) is 67.8 Å². The maximum Gasteiger partial charge on any atom is 0.157 e. The summed E-state index contributed by atoms with van der Waals surface area (Å²) in [6, 6.07) is 17.3. The van der Waals surface area contributed by atoms with Crippen molar-refractivity contribution in [3.05, 3.63) is 127 Å². The van der Waals surface area contributed by atoms with Crippen LogP contribution >= 0.6 is 0 Å². The number of hydrogen-bond donors (Lipinski definition) is 2. The first-order chi connectivity index (χ1) is 18.3. The number of imidazole rings is 1. The molecule has 0 fully saturated rings. The largest absolute Gasteiger partial charge is 0.380 e.